The van der Waals surface area contributed by atoms with Crippen molar-refractivity contribution < 1.29 is 17.6 Å². The van der Waals surface area contributed by atoms with Crippen LogP contribution in [0.1, 0.15) is 24.1 Å². The van der Waals surface area contributed by atoms with Gasteiger partial charge in [-0.3, -0.25) is 0 Å². The summed E-state index contributed by atoms with van der Waals surface area (Å²) in [5.74, 6) is -0.342. The summed E-state index contributed by atoms with van der Waals surface area (Å²) in [6, 6.07) is 10.4. The zero-order valence-electron chi connectivity index (χ0n) is 12.1. The molecule has 2 N–H and O–H groups in total. The summed E-state index contributed by atoms with van der Waals surface area (Å²) >= 11 is 5.10. The summed E-state index contributed by atoms with van der Waals surface area (Å²) in [6.45, 7) is 1.81. The molecule has 0 aliphatic heterocycles. The van der Waals surface area contributed by atoms with Gasteiger partial charge in [0, 0.05) is 5.69 Å². The van der Waals surface area contributed by atoms with Crippen molar-refractivity contribution >= 4 is 23.0 Å². The molecule has 1 atom stereocenters. The van der Waals surface area contributed by atoms with Gasteiger partial charge in [0.1, 0.15) is 5.82 Å². The van der Waals surface area contributed by atoms with E-state index in [1.807, 2.05) is 6.92 Å². The second-order valence-corrected chi connectivity index (χ2v) is 5.36. The standard InChI is InChI=1S/C16H14F4N2S/c1-10(11-5-7-13(17)8-6-11)21-15(23)22-14-4-2-3-12(9-14)16(18,19)20/h2-10H,1H3,(H2,21,22,23)/t10-/m0/s1. The first-order valence-electron chi connectivity index (χ1n) is 6.76. The molecule has 0 aromatic heterocycles. The van der Waals surface area contributed by atoms with E-state index in [-0.39, 0.29) is 22.7 Å². The minimum atomic E-state index is -4.41. The van der Waals surface area contributed by atoms with Gasteiger partial charge in [-0.2, -0.15) is 13.2 Å². The molecular weight excluding hydrogens is 328 g/mol. The van der Waals surface area contributed by atoms with Crippen LogP contribution in [0.5, 0.6) is 0 Å². The van der Waals surface area contributed by atoms with Crippen molar-refractivity contribution in [2.75, 3.05) is 5.32 Å². The number of halogens is 4. The lowest BCUT2D eigenvalue weighted by molar-refractivity contribution is -0.137. The Hall–Kier alpha value is -2.15. The molecule has 2 aromatic carbocycles. The summed E-state index contributed by atoms with van der Waals surface area (Å²) in [6.07, 6.45) is -4.41. The molecule has 0 fully saturated rings. The van der Waals surface area contributed by atoms with E-state index in [9.17, 15) is 17.6 Å². The van der Waals surface area contributed by atoms with Crippen LogP contribution in [0, 0.1) is 5.82 Å². The smallest absolute Gasteiger partial charge is 0.356 e. The van der Waals surface area contributed by atoms with Crippen molar-refractivity contribution in [3.05, 3.63) is 65.5 Å². The van der Waals surface area contributed by atoms with Crippen molar-refractivity contribution in [2.45, 2.75) is 19.1 Å². The van der Waals surface area contributed by atoms with E-state index in [0.29, 0.717) is 0 Å². The van der Waals surface area contributed by atoms with Crippen LogP contribution >= 0.6 is 12.2 Å². The van der Waals surface area contributed by atoms with Gasteiger partial charge in [0.25, 0.3) is 0 Å². The lowest BCUT2D eigenvalue weighted by Crippen LogP contribution is -2.31. The third kappa shape index (κ3) is 4.92. The number of benzene rings is 2. The SMILES string of the molecule is C[C@H](NC(=S)Nc1cccc(C(F)(F)F)c1)c1ccc(F)cc1. The molecule has 7 heteroatoms. The Labute approximate surface area is 136 Å². The third-order valence-electron chi connectivity index (χ3n) is 3.17. The minimum absolute atomic E-state index is 0.182. The Bertz CT molecular complexity index is 683. The molecule has 0 heterocycles. The Morgan fingerprint density at radius 1 is 1.09 bits per heavy atom. The maximum Gasteiger partial charge on any atom is 0.416 e. The number of nitrogens with one attached hydrogen (secondary N) is 2. The molecule has 122 valence electrons. The van der Waals surface area contributed by atoms with Gasteiger partial charge in [0.2, 0.25) is 0 Å². The lowest BCUT2D eigenvalue weighted by Gasteiger charge is -2.18. The van der Waals surface area contributed by atoms with Gasteiger partial charge >= 0.3 is 6.18 Å². The Morgan fingerprint density at radius 2 is 1.74 bits per heavy atom. The Balaban J connectivity index is 2.01. The topological polar surface area (TPSA) is 24.1 Å². The molecule has 2 rings (SSSR count). The molecule has 0 unspecified atom stereocenters. The van der Waals surface area contributed by atoms with Crippen LogP contribution in [0.25, 0.3) is 0 Å². The van der Waals surface area contributed by atoms with E-state index in [1.54, 1.807) is 12.1 Å². The molecule has 0 bridgehead atoms. The average molecular weight is 342 g/mol. The zero-order valence-corrected chi connectivity index (χ0v) is 12.9. The minimum Gasteiger partial charge on any atom is -0.356 e. The summed E-state index contributed by atoms with van der Waals surface area (Å²) in [5, 5.41) is 5.83. The normalized spacial score (nSPS) is 12.6. The number of alkyl halides is 3. The predicted molar refractivity (Wildman–Crippen MR) is 85.6 cm³/mol. The molecule has 2 nitrogen and oxygen atoms in total. The Morgan fingerprint density at radius 3 is 2.35 bits per heavy atom. The second-order valence-electron chi connectivity index (χ2n) is 4.95. The molecule has 2 aromatic rings. The van der Waals surface area contributed by atoms with Gasteiger partial charge in [-0.1, -0.05) is 18.2 Å². The van der Waals surface area contributed by atoms with E-state index >= 15 is 0 Å². The van der Waals surface area contributed by atoms with Gasteiger partial charge in [-0.05, 0) is 55.0 Å². The first-order valence-corrected chi connectivity index (χ1v) is 7.17. The van der Waals surface area contributed by atoms with Gasteiger partial charge < -0.3 is 10.6 Å². The highest BCUT2D eigenvalue weighted by Gasteiger charge is 2.30. The summed E-state index contributed by atoms with van der Waals surface area (Å²) < 4.78 is 50.9. The summed E-state index contributed by atoms with van der Waals surface area (Å²) in [5.41, 5.74) is 0.292. The highest BCUT2D eigenvalue weighted by Crippen LogP contribution is 2.30. The van der Waals surface area contributed by atoms with E-state index in [4.69, 9.17) is 12.2 Å². The number of hydrogen-bond donors (Lipinski definition) is 2. The zero-order chi connectivity index (χ0) is 17.0. The molecule has 23 heavy (non-hydrogen) atoms. The molecule has 0 saturated heterocycles. The van der Waals surface area contributed by atoms with Gasteiger partial charge in [0.05, 0.1) is 11.6 Å². The quantitative estimate of drug-likeness (QED) is 0.613. The van der Waals surface area contributed by atoms with Crippen molar-refractivity contribution in [3.63, 3.8) is 0 Å². The fourth-order valence-corrected chi connectivity index (χ4v) is 2.27. The molecule has 0 aliphatic carbocycles. The highest BCUT2D eigenvalue weighted by molar-refractivity contribution is 7.80. The van der Waals surface area contributed by atoms with E-state index < -0.39 is 11.7 Å². The monoisotopic (exact) mass is 342 g/mol. The average Bonchev–Trinajstić information content (AvgIpc) is 2.47. The van der Waals surface area contributed by atoms with E-state index in [2.05, 4.69) is 10.6 Å². The predicted octanol–water partition coefficient (Wildman–Crippen LogP) is 4.89. The molecule has 0 radical (unpaired) electrons. The van der Waals surface area contributed by atoms with E-state index in [1.165, 1.54) is 24.3 Å². The molecular formula is C16H14F4N2S. The van der Waals surface area contributed by atoms with Crippen LogP contribution in [-0.2, 0) is 6.18 Å². The van der Waals surface area contributed by atoms with Crippen LogP contribution in [-0.4, -0.2) is 5.11 Å². The highest BCUT2D eigenvalue weighted by atomic mass is 32.1. The van der Waals surface area contributed by atoms with Crippen LogP contribution in [0.2, 0.25) is 0 Å². The van der Waals surface area contributed by atoms with E-state index in [0.717, 1.165) is 17.7 Å². The van der Waals surface area contributed by atoms with Crippen molar-refractivity contribution in [1.29, 1.82) is 0 Å². The molecule has 0 spiro atoms. The van der Waals surface area contributed by atoms with Gasteiger partial charge in [0.15, 0.2) is 5.11 Å². The second kappa shape index (κ2) is 6.95. The third-order valence-corrected chi connectivity index (χ3v) is 3.39. The summed E-state index contributed by atoms with van der Waals surface area (Å²) in [4.78, 5) is 0. The fourth-order valence-electron chi connectivity index (χ4n) is 1.97. The first kappa shape index (κ1) is 17.2. The van der Waals surface area contributed by atoms with Crippen molar-refractivity contribution in [2.24, 2.45) is 0 Å². The molecule has 0 amide bonds. The lowest BCUT2D eigenvalue weighted by atomic mass is 10.1. The van der Waals surface area contributed by atoms with Crippen LogP contribution in [0.3, 0.4) is 0 Å². The maximum absolute atomic E-state index is 12.9. The van der Waals surface area contributed by atoms with Gasteiger partial charge in [-0.15, -0.1) is 0 Å². The maximum atomic E-state index is 12.9. The molecule has 0 saturated carbocycles. The van der Waals surface area contributed by atoms with Gasteiger partial charge in [-0.25, -0.2) is 4.39 Å². The largest absolute Gasteiger partial charge is 0.416 e. The van der Waals surface area contributed by atoms with Crippen LogP contribution in [0.15, 0.2) is 48.5 Å². The molecule has 0 aliphatic rings. The number of hydrogen-bond acceptors (Lipinski definition) is 1. The first-order chi connectivity index (χ1) is 10.8. The number of thiocarbonyl (C=S) groups is 1. The number of rotatable bonds is 3. The van der Waals surface area contributed by atoms with Crippen molar-refractivity contribution in [3.8, 4) is 0 Å². The van der Waals surface area contributed by atoms with Crippen LogP contribution in [0.4, 0.5) is 23.2 Å². The number of anilines is 1. The Kier molecular flexibility index (Phi) is 5.20. The fraction of sp³-hybridized carbons (Fsp3) is 0.188. The summed E-state index contributed by atoms with van der Waals surface area (Å²) in [7, 11) is 0. The van der Waals surface area contributed by atoms with Crippen LogP contribution < -0.4 is 10.6 Å². The van der Waals surface area contributed by atoms with Crippen molar-refractivity contribution in [1.82, 2.24) is 5.32 Å².